The number of nitrogens with one attached hydrogen (secondary N) is 5. The summed E-state index contributed by atoms with van der Waals surface area (Å²) in [6.07, 6.45) is -14.5. The molecule has 1 aliphatic heterocycles. The molecular weight excluding hydrogens is 1060 g/mol. The first-order valence-electron chi connectivity index (χ1n) is 26.2. The van der Waals surface area contributed by atoms with E-state index in [0.717, 1.165) is 4.90 Å². The van der Waals surface area contributed by atoms with Gasteiger partial charge in [-0.15, -0.1) is 0 Å². The lowest BCUT2D eigenvalue weighted by Gasteiger charge is -2.49. The third-order valence-electron chi connectivity index (χ3n) is 12.1. The number of rotatable bonds is 20. The molecule has 0 spiro atoms. The molecular formula is C52H83N7O21. The first-order chi connectivity index (χ1) is 36.9. The second kappa shape index (κ2) is 27.4. The smallest absolute Gasteiger partial charge is 0.410 e. The number of amides is 6. The molecule has 4 rings (SSSR count). The van der Waals surface area contributed by atoms with Crippen LogP contribution in [0.3, 0.4) is 0 Å². The molecule has 2 aliphatic carbocycles. The van der Waals surface area contributed by atoms with E-state index in [9.17, 15) is 59.3 Å². The highest BCUT2D eigenvalue weighted by Gasteiger charge is 2.55. The molecule has 28 heteroatoms. The summed E-state index contributed by atoms with van der Waals surface area (Å²) in [5, 5.41) is 70.6. The lowest BCUT2D eigenvalue weighted by atomic mass is 9.74. The highest BCUT2D eigenvalue weighted by Crippen LogP contribution is 2.36. The number of hydrogen-bond donors (Lipinski definition) is 9. The number of nitrogens with zero attached hydrogens (tertiary/aromatic N) is 2. The number of aliphatic hydroxyl groups is 4. The third kappa shape index (κ3) is 21.0. The molecule has 2 fully saturated rings. The number of alkyl carbamates (subject to hydrolysis) is 4. The Bertz CT molecular complexity index is 2320. The number of aliphatic hydroxyl groups excluding tert-OH is 3. The van der Waals surface area contributed by atoms with Crippen molar-refractivity contribution in [2.45, 2.75) is 218 Å². The van der Waals surface area contributed by atoms with Crippen molar-refractivity contribution in [3.8, 4) is 0 Å². The van der Waals surface area contributed by atoms with Gasteiger partial charge in [-0.05, 0) is 127 Å². The summed E-state index contributed by atoms with van der Waals surface area (Å²) >= 11 is 0. The van der Waals surface area contributed by atoms with Crippen LogP contribution in [0.5, 0.6) is 0 Å². The lowest BCUT2D eigenvalue weighted by molar-refractivity contribution is -0.384. The molecule has 1 heterocycles. The van der Waals surface area contributed by atoms with Gasteiger partial charge in [-0.3, -0.25) is 14.9 Å². The van der Waals surface area contributed by atoms with Crippen LogP contribution in [0.4, 0.5) is 29.7 Å². The number of carbonyl (C=O) groups is 6. The van der Waals surface area contributed by atoms with E-state index < -0.39 is 156 Å². The number of nitro groups is 1. The fourth-order valence-electron chi connectivity index (χ4n) is 8.31. The first kappa shape index (κ1) is 66.2. The number of ether oxygens (including phenoxy) is 9. The van der Waals surface area contributed by atoms with E-state index >= 15 is 0 Å². The maximum absolute atomic E-state index is 14.3. The van der Waals surface area contributed by atoms with Crippen molar-refractivity contribution in [1.29, 1.82) is 0 Å². The summed E-state index contributed by atoms with van der Waals surface area (Å²) in [5.41, 5.74) is -5.61. The Morgan fingerprint density at radius 1 is 0.787 bits per heavy atom. The standard InChI is InChI=1S/C52H83N7O21/c1-28(58(14)47(68)80-51(11,12)13)36(61)41(72-22-21-60)76-38-34(55-42(63)52(69)24-30(25-52)54-44(65)77-48(2,3)4)23-35(57-46(67)79-50(8,9)10)39(37(38)62)75-40-33(56-45(66)78-49(5,6)7)20-19-32(74-40)26-53-43(64)73-27-29-15-17-31(18-16-29)59(70)71/h15-19,28,30,33-41,60-62,69H,20-27H2,1-14H3,(H,53,64)(H,54,65)(H,55,63)(H,56,66)(H,57,67)/t28-,30?,33+,34+,35-,36+,37+,38-,39+,40+,41+,52?/m0/s1. The van der Waals surface area contributed by atoms with Crippen LogP contribution in [0.15, 0.2) is 36.1 Å². The average Bonchev–Trinajstić information content (AvgIpc) is 3.30. The minimum Gasteiger partial charge on any atom is -0.465 e. The summed E-state index contributed by atoms with van der Waals surface area (Å²) in [5.74, 6) is -0.917. The van der Waals surface area contributed by atoms with Crippen LogP contribution in [-0.2, 0) is 54.0 Å². The molecule has 0 saturated heterocycles. The zero-order valence-corrected chi connectivity index (χ0v) is 48.0. The van der Waals surface area contributed by atoms with Crippen LogP contribution in [0.2, 0.25) is 0 Å². The van der Waals surface area contributed by atoms with Gasteiger partial charge in [-0.1, -0.05) is 0 Å². The number of hydrogen-bond acceptors (Lipinski definition) is 21. The molecule has 2 saturated carbocycles. The van der Waals surface area contributed by atoms with Gasteiger partial charge in [-0.25, -0.2) is 24.0 Å². The van der Waals surface area contributed by atoms with Crippen molar-refractivity contribution in [2.75, 3.05) is 26.8 Å². The predicted molar refractivity (Wildman–Crippen MR) is 281 cm³/mol. The monoisotopic (exact) mass is 1140 g/mol. The van der Waals surface area contributed by atoms with Gasteiger partial charge in [-0.2, -0.15) is 0 Å². The van der Waals surface area contributed by atoms with E-state index in [1.165, 1.54) is 44.3 Å². The number of benzene rings is 1. The van der Waals surface area contributed by atoms with Crippen LogP contribution >= 0.6 is 0 Å². The second-order valence-corrected chi connectivity index (χ2v) is 23.8. The Balaban J connectivity index is 1.75. The normalized spacial score (nSPS) is 25.2. The molecule has 0 bridgehead atoms. The third-order valence-corrected chi connectivity index (χ3v) is 12.1. The zero-order chi connectivity index (χ0) is 60.3. The van der Waals surface area contributed by atoms with Gasteiger partial charge in [0.05, 0.1) is 48.8 Å². The fourth-order valence-corrected chi connectivity index (χ4v) is 8.31. The quantitative estimate of drug-likeness (QED) is 0.0389. The molecule has 28 nitrogen and oxygen atoms in total. The van der Waals surface area contributed by atoms with Crippen molar-refractivity contribution in [3.05, 3.63) is 51.8 Å². The van der Waals surface area contributed by atoms with Crippen LogP contribution in [0.1, 0.15) is 121 Å². The maximum Gasteiger partial charge on any atom is 0.410 e. The molecule has 1 aromatic carbocycles. The summed E-state index contributed by atoms with van der Waals surface area (Å²) in [4.78, 5) is 91.6. The molecule has 3 aliphatic rings. The molecule has 10 atom stereocenters. The number of nitro benzene ring substituents is 1. The van der Waals surface area contributed by atoms with E-state index in [2.05, 4.69) is 26.6 Å². The van der Waals surface area contributed by atoms with Crippen molar-refractivity contribution in [1.82, 2.24) is 31.5 Å². The van der Waals surface area contributed by atoms with E-state index in [4.69, 9.17) is 42.6 Å². The van der Waals surface area contributed by atoms with Gasteiger partial charge >= 0.3 is 30.5 Å². The molecule has 80 heavy (non-hydrogen) atoms. The van der Waals surface area contributed by atoms with E-state index in [0.29, 0.717) is 5.56 Å². The predicted octanol–water partition coefficient (Wildman–Crippen LogP) is 3.63. The summed E-state index contributed by atoms with van der Waals surface area (Å²) < 4.78 is 52.4. The van der Waals surface area contributed by atoms with Gasteiger partial charge in [0.1, 0.15) is 64.8 Å². The molecule has 0 unspecified atom stereocenters. The van der Waals surface area contributed by atoms with Crippen molar-refractivity contribution < 1.29 is 96.7 Å². The van der Waals surface area contributed by atoms with Gasteiger partial charge in [0.15, 0.2) is 6.29 Å². The average molecular weight is 1140 g/mol. The molecule has 0 aromatic heterocycles. The van der Waals surface area contributed by atoms with Crippen molar-refractivity contribution in [3.63, 3.8) is 0 Å². The molecule has 1 aromatic rings. The van der Waals surface area contributed by atoms with Crippen LogP contribution in [-0.4, -0.2) is 189 Å². The van der Waals surface area contributed by atoms with Gasteiger partial charge in [0.2, 0.25) is 6.29 Å². The SMILES string of the molecule is C[C@@H]([C@@H](O)[C@H](OCCO)O[C@@H]1[C@@H](O)[C@H](O[C@H]2OC(CNC(=O)OCc3ccc([N+](=O)[O-])cc3)=CC[C@H]2NC(=O)OC(C)(C)C)[C@@H](NC(=O)OC(C)(C)C)C[C@H]1NC(=O)C1(O)CC(NC(=O)OC(C)(C)C)C1)N(C)C(=O)OC(C)(C)C. The zero-order valence-electron chi connectivity index (χ0n) is 48.0. The fraction of sp³-hybridized carbons (Fsp3) is 0.731. The molecule has 6 amide bonds. The van der Waals surface area contributed by atoms with E-state index in [1.54, 1.807) is 83.1 Å². The van der Waals surface area contributed by atoms with Crippen LogP contribution in [0, 0.1) is 10.1 Å². The Morgan fingerprint density at radius 3 is 1.84 bits per heavy atom. The summed E-state index contributed by atoms with van der Waals surface area (Å²) in [6.45, 7) is 19.5. The highest BCUT2D eigenvalue weighted by molar-refractivity contribution is 5.87. The topological polar surface area (TPSA) is 373 Å². The number of carbonyl (C=O) groups excluding carboxylic acids is 6. The highest BCUT2D eigenvalue weighted by atomic mass is 16.7. The number of non-ortho nitro benzene ring substituents is 1. The Morgan fingerprint density at radius 2 is 1.31 bits per heavy atom. The minimum absolute atomic E-state index is 0.0426. The second-order valence-electron chi connectivity index (χ2n) is 23.8. The van der Waals surface area contributed by atoms with Gasteiger partial charge < -0.3 is 94.5 Å². The van der Waals surface area contributed by atoms with Crippen LogP contribution < -0.4 is 26.6 Å². The van der Waals surface area contributed by atoms with Gasteiger partial charge in [0, 0.05) is 38.1 Å². The first-order valence-corrected chi connectivity index (χ1v) is 26.2. The summed E-state index contributed by atoms with van der Waals surface area (Å²) in [7, 11) is 1.35. The van der Waals surface area contributed by atoms with Crippen molar-refractivity contribution >= 4 is 42.1 Å². The molecule has 452 valence electrons. The van der Waals surface area contributed by atoms with E-state index in [1.807, 2.05) is 0 Å². The summed E-state index contributed by atoms with van der Waals surface area (Å²) in [6, 6.07) is -0.408. The van der Waals surface area contributed by atoms with Crippen molar-refractivity contribution in [2.24, 2.45) is 0 Å². The minimum atomic E-state index is -2.10. The Hall–Kier alpha value is -6.30. The Labute approximate surface area is 465 Å². The Kier molecular flexibility index (Phi) is 22.7. The largest absolute Gasteiger partial charge is 0.465 e. The molecule has 0 radical (unpaired) electrons. The van der Waals surface area contributed by atoms with E-state index in [-0.39, 0.29) is 43.9 Å². The van der Waals surface area contributed by atoms with Crippen LogP contribution in [0.25, 0.3) is 0 Å². The number of likely N-dealkylation sites (N-methyl/N-ethyl adjacent to an activating group) is 1. The molecule has 9 N–H and O–H groups in total. The lowest BCUT2D eigenvalue weighted by Crippen LogP contribution is -2.70. The van der Waals surface area contributed by atoms with Gasteiger partial charge in [0.25, 0.3) is 11.6 Å². The maximum atomic E-state index is 14.3.